The van der Waals surface area contributed by atoms with Gasteiger partial charge in [-0.1, -0.05) is 18.2 Å². The summed E-state index contributed by atoms with van der Waals surface area (Å²) < 4.78 is 10.6. The summed E-state index contributed by atoms with van der Waals surface area (Å²) in [6.07, 6.45) is 0. The topological polar surface area (TPSA) is 111 Å². The number of nitrogens with one attached hydrogen (secondary N) is 1. The molecule has 0 radical (unpaired) electrons. The Morgan fingerprint density at radius 3 is 2.52 bits per heavy atom. The number of methoxy groups -OCH3 is 1. The monoisotopic (exact) mass is 439 g/mol. The number of hydrogen-bond donors (Lipinski definition) is 2. The molecule has 160 valence electrons. The molecule has 3 amide bonds. The Morgan fingerprint density at radius 2 is 1.84 bits per heavy atom. The second-order valence-electron chi connectivity index (χ2n) is 6.43. The van der Waals surface area contributed by atoms with E-state index in [1.165, 1.54) is 29.4 Å². The summed E-state index contributed by atoms with van der Waals surface area (Å²) in [6.45, 7) is -0.327. The van der Waals surface area contributed by atoms with Gasteiger partial charge in [-0.05, 0) is 35.7 Å². The van der Waals surface area contributed by atoms with Crippen molar-refractivity contribution in [2.75, 3.05) is 31.0 Å². The van der Waals surface area contributed by atoms with Crippen LogP contribution in [0, 0.1) is 0 Å². The molecule has 1 aromatic heterocycles. The summed E-state index contributed by atoms with van der Waals surface area (Å²) in [5.41, 5.74) is 6.34. The van der Waals surface area contributed by atoms with E-state index in [-0.39, 0.29) is 18.3 Å². The van der Waals surface area contributed by atoms with E-state index in [0.717, 1.165) is 0 Å². The molecule has 0 aliphatic heterocycles. The summed E-state index contributed by atoms with van der Waals surface area (Å²) in [5, 5.41) is 4.60. The SMILES string of the molecule is COc1ccc(NC(=O)c2ccccc2N(C)C(=O)c2cccs2)cc1OCC(N)=O. The van der Waals surface area contributed by atoms with Crippen molar-refractivity contribution >= 4 is 40.4 Å². The molecule has 31 heavy (non-hydrogen) atoms. The average Bonchev–Trinajstić information content (AvgIpc) is 3.31. The van der Waals surface area contributed by atoms with Gasteiger partial charge in [0, 0.05) is 18.8 Å². The standard InChI is InChI=1S/C22H21N3O5S/c1-25(22(28)19-8-5-11-31-19)16-7-4-3-6-15(16)21(27)24-14-9-10-17(29-2)18(12-14)30-13-20(23)26/h3-12H,13H2,1-2H3,(H2,23,26)(H,24,27). The third-order valence-corrected chi connectivity index (χ3v) is 5.20. The van der Waals surface area contributed by atoms with Crippen molar-refractivity contribution in [1.82, 2.24) is 0 Å². The Hall–Kier alpha value is -3.85. The lowest BCUT2D eigenvalue weighted by Crippen LogP contribution is -2.28. The van der Waals surface area contributed by atoms with Crippen LogP contribution in [0.3, 0.4) is 0 Å². The maximum atomic E-state index is 13.0. The Bertz CT molecular complexity index is 1100. The fourth-order valence-electron chi connectivity index (χ4n) is 2.85. The Labute approximate surface area is 183 Å². The summed E-state index contributed by atoms with van der Waals surface area (Å²) in [7, 11) is 3.08. The van der Waals surface area contributed by atoms with Crippen LogP contribution in [0.15, 0.2) is 60.0 Å². The van der Waals surface area contributed by atoms with Gasteiger partial charge in [0.05, 0.1) is 23.2 Å². The number of rotatable bonds is 8. The van der Waals surface area contributed by atoms with Gasteiger partial charge in [0.25, 0.3) is 17.7 Å². The van der Waals surface area contributed by atoms with Gasteiger partial charge in [0.15, 0.2) is 18.1 Å². The maximum absolute atomic E-state index is 13.0. The van der Waals surface area contributed by atoms with E-state index in [2.05, 4.69) is 5.32 Å². The van der Waals surface area contributed by atoms with Gasteiger partial charge in [-0.25, -0.2) is 0 Å². The molecule has 0 aliphatic carbocycles. The van der Waals surface area contributed by atoms with Crippen molar-refractivity contribution in [2.45, 2.75) is 0 Å². The minimum absolute atomic E-state index is 0.207. The van der Waals surface area contributed by atoms with Gasteiger partial charge < -0.3 is 25.4 Å². The lowest BCUT2D eigenvalue weighted by atomic mass is 10.1. The fourth-order valence-corrected chi connectivity index (χ4v) is 3.55. The molecule has 0 unspecified atom stereocenters. The van der Waals surface area contributed by atoms with E-state index >= 15 is 0 Å². The quantitative estimate of drug-likeness (QED) is 0.560. The number of nitrogens with two attached hydrogens (primary N) is 1. The van der Waals surface area contributed by atoms with E-state index in [0.29, 0.717) is 27.6 Å². The van der Waals surface area contributed by atoms with Crippen molar-refractivity contribution in [3.63, 3.8) is 0 Å². The zero-order valence-electron chi connectivity index (χ0n) is 17.0. The number of anilines is 2. The van der Waals surface area contributed by atoms with Crippen LogP contribution in [-0.4, -0.2) is 38.5 Å². The van der Waals surface area contributed by atoms with Crippen LogP contribution in [0.5, 0.6) is 11.5 Å². The second-order valence-corrected chi connectivity index (χ2v) is 7.38. The number of carbonyl (C=O) groups excluding carboxylic acids is 3. The number of thiophene rings is 1. The van der Waals surface area contributed by atoms with Crippen LogP contribution in [0.4, 0.5) is 11.4 Å². The summed E-state index contributed by atoms with van der Waals surface area (Å²) in [5.74, 6) is -0.601. The maximum Gasteiger partial charge on any atom is 0.268 e. The molecule has 2 aromatic carbocycles. The predicted molar refractivity (Wildman–Crippen MR) is 119 cm³/mol. The molecule has 0 atom stereocenters. The van der Waals surface area contributed by atoms with Crippen LogP contribution in [0.1, 0.15) is 20.0 Å². The normalized spacial score (nSPS) is 10.3. The molecule has 0 fully saturated rings. The summed E-state index contributed by atoms with van der Waals surface area (Å²) in [6, 6.07) is 15.1. The largest absolute Gasteiger partial charge is 0.493 e. The van der Waals surface area contributed by atoms with Gasteiger partial charge in [0.1, 0.15) is 0 Å². The van der Waals surface area contributed by atoms with Crippen molar-refractivity contribution in [3.05, 3.63) is 70.4 Å². The molecule has 8 nitrogen and oxygen atoms in total. The molecule has 0 bridgehead atoms. The number of para-hydroxylation sites is 1. The molecule has 9 heteroatoms. The van der Waals surface area contributed by atoms with Gasteiger partial charge in [0.2, 0.25) is 0 Å². The minimum Gasteiger partial charge on any atom is -0.493 e. The minimum atomic E-state index is -0.635. The van der Waals surface area contributed by atoms with Crippen molar-refractivity contribution < 1.29 is 23.9 Å². The van der Waals surface area contributed by atoms with E-state index in [1.807, 2.05) is 5.38 Å². The Kier molecular flexibility index (Phi) is 6.88. The lowest BCUT2D eigenvalue weighted by molar-refractivity contribution is -0.119. The number of carbonyl (C=O) groups is 3. The molecular weight excluding hydrogens is 418 g/mol. The number of amides is 3. The van der Waals surface area contributed by atoms with E-state index in [1.54, 1.807) is 55.6 Å². The molecule has 0 saturated carbocycles. The highest BCUT2D eigenvalue weighted by Gasteiger charge is 2.20. The van der Waals surface area contributed by atoms with E-state index in [4.69, 9.17) is 15.2 Å². The number of hydrogen-bond acceptors (Lipinski definition) is 6. The highest BCUT2D eigenvalue weighted by atomic mass is 32.1. The number of ether oxygens (including phenoxy) is 2. The van der Waals surface area contributed by atoms with E-state index < -0.39 is 11.8 Å². The Morgan fingerprint density at radius 1 is 1.06 bits per heavy atom. The smallest absolute Gasteiger partial charge is 0.268 e. The van der Waals surface area contributed by atoms with Gasteiger partial charge in [-0.2, -0.15) is 0 Å². The zero-order chi connectivity index (χ0) is 22.4. The highest BCUT2D eigenvalue weighted by Crippen LogP contribution is 2.31. The summed E-state index contributed by atoms with van der Waals surface area (Å²) in [4.78, 5) is 38.7. The predicted octanol–water partition coefficient (Wildman–Crippen LogP) is 3.15. The third-order valence-electron chi connectivity index (χ3n) is 4.34. The van der Waals surface area contributed by atoms with Crippen LogP contribution in [0.2, 0.25) is 0 Å². The molecule has 3 rings (SSSR count). The molecule has 0 spiro atoms. The third kappa shape index (κ3) is 5.20. The van der Waals surface area contributed by atoms with Crippen molar-refractivity contribution in [1.29, 1.82) is 0 Å². The van der Waals surface area contributed by atoms with Crippen molar-refractivity contribution in [2.24, 2.45) is 5.73 Å². The molecular formula is C22H21N3O5S. The molecule has 0 aliphatic rings. The highest BCUT2D eigenvalue weighted by molar-refractivity contribution is 7.12. The first-order valence-electron chi connectivity index (χ1n) is 9.21. The number of primary amides is 1. The van der Waals surface area contributed by atoms with Crippen LogP contribution < -0.4 is 25.4 Å². The molecule has 3 N–H and O–H groups in total. The number of benzene rings is 2. The second kappa shape index (κ2) is 9.77. The summed E-state index contributed by atoms with van der Waals surface area (Å²) >= 11 is 1.33. The van der Waals surface area contributed by atoms with Crippen LogP contribution >= 0.6 is 11.3 Å². The van der Waals surface area contributed by atoms with Crippen molar-refractivity contribution in [3.8, 4) is 11.5 Å². The fraction of sp³-hybridized carbons (Fsp3) is 0.136. The first-order chi connectivity index (χ1) is 14.9. The van der Waals surface area contributed by atoms with Crippen LogP contribution in [-0.2, 0) is 4.79 Å². The van der Waals surface area contributed by atoms with E-state index in [9.17, 15) is 14.4 Å². The Balaban J connectivity index is 1.83. The molecule has 0 saturated heterocycles. The van der Waals surface area contributed by atoms with Gasteiger partial charge >= 0.3 is 0 Å². The lowest BCUT2D eigenvalue weighted by Gasteiger charge is -2.20. The molecule has 3 aromatic rings. The van der Waals surface area contributed by atoms with Crippen LogP contribution in [0.25, 0.3) is 0 Å². The average molecular weight is 439 g/mol. The zero-order valence-corrected chi connectivity index (χ0v) is 17.8. The van der Waals surface area contributed by atoms with Gasteiger partial charge in [-0.15, -0.1) is 11.3 Å². The first-order valence-corrected chi connectivity index (χ1v) is 10.1. The number of nitrogens with zero attached hydrogens (tertiary/aromatic N) is 1. The molecule has 1 heterocycles. The first kappa shape index (κ1) is 21.8. The van der Waals surface area contributed by atoms with Gasteiger partial charge in [-0.3, -0.25) is 14.4 Å².